The number of alkyl halides is 3. The highest BCUT2D eigenvalue weighted by Gasteiger charge is 2.34. The van der Waals surface area contributed by atoms with E-state index in [1.165, 1.54) is 25.1 Å². The van der Waals surface area contributed by atoms with Gasteiger partial charge in [0, 0.05) is 28.7 Å². The quantitative estimate of drug-likeness (QED) is 0.265. The van der Waals surface area contributed by atoms with Crippen LogP contribution in [0.3, 0.4) is 0 Å². The van der Waals surface area contributed by atoms with Crippen LogP contribution in [0.5, 0.6) is 0 Å². The average molecular weight is 540 g/mol. The summed E-state index contributed by atoms with van der Waals surface area (Å²) in [5, 5.41) is 4.88. The third-order valence-corrected chi connectivity index (χ3v) is 7.21. The number of hydrogen-bond acceptors (Lipinski definition) is 5. The molecule has 2 aromatic heterocycles. The predicted molar refractivity (Wildman–Crippen MR) is 145 cm³/mol. The number of nitrogens with one attached hydrogen (secondary N) is 1. The minimum atomic E-state index is -4.51. The Kier molecular flexibility index (Phi) is 8.09. The van der Waals surface area contributed by atoms with Gasteiger partial charge in [-0.2, -0.15) is 13.2 Å². The summed E-state index contributed by atoms with van der Waals surface area (Å²) in [7, 11) is 0. The molecule has 2 aromatic carbocycles. The molecule has 3 heterocycles. The normalized spacial score (nSPS) is 14.9. The van der Waals surface area contributed by atoms with E-state index in [4.69, 9.17) is 21.6 Å². The lowest BCUT2D eigenvalue weighted by atomic mass is 10.0. The summed E-state index contributed by atoms with van der Waals surface area (Å²) in [5.74, 6) is 1.31. The minimum Gasteiger partial charge on any atom is -0.369 e. The molecule has 198 valence electrons. The summed E-state index contributed by atoms with van der Waals surface area (Å²) >= 11 is 6.32. The van der Waals surface area contributed by atoms with Crippen molar-refractivity contribution in [1.29, 1.82) is 0 Å². The molecule has 9 heteroatoms. The van der Waals surface area contributed by atoms with Crippen molar-refractivity contribution in [2.75, 3.05) is 25.0 Å². The number of pyridine rings is 1. The molecule has 1 fully saturated rings. The first-order valence-electron chi connectivity index (χ1n) is 12.9. The van der Waals surface area contributed by atoms with Crippen LogP contribution in [0.2, 0.25) is 5.02 Å². The van der Waals surface area contributed by atoms with Gasteiger partial charge >= 0.3 is 6.18 Å². The van der Waals surface area contributed by atoms with Gasteiger partial charge in [0.1, 0.15) is 11.6 Å². The van der Waals surface area contributed by atoms with Gasteiger partial charge in [-0.3, -0.25) is 9.88 Å². The van der Waals surface area contributed by atoms with Crippen LogP contribution in [0.25, 0.3) is 22.2 Å². The van der Waals surface area contributed by atoms with Crippen LogP contribution in [0.1, 0.15) is 42.6 Å². The van der Waals surface area contributed by atoms with Crippen LogP contribution in [0.15, 0.2) is 60.8 Å². The van der Waals surface area contributed by atoms with Crippen LogP contribution in [0, 0.1) is 0 Å². The fraction of sp³-hybridized carbons (Fsp3) is 0.345. The predicted octanol–water partition coefficient (Wildman–Crippen LogP) is 7.39. The summed E-state index contributed by atoms with van der Waals surface area (Å²) in [5.41, 5.74) is 1.11. The van der Waals surface area contributed by atoms with E-state index in [1.54, 1.807) is 18.2 Å². The molecule has 1 aliphatic rings. The summed E-state index contributed by atoms with van der Waals surface area (Å²) in [6.45, 7) is 3.16. The third-order valence-electron chi connectivity index (χ3n) is 6.84. The molecule has 0 bridgehead atoms. The van der Waals surface area contributed by atoms with E-state index in [0.29, 0.717) is 47.3 Å². The number of hydrogen-bond donors (Lipinski definition) is 1. The van der Waals surface area contributed by atoms with Crippen LogP contribution in [-0.2, 0) is 19.1 Å². The van der Waals surface area contributed by atoms with Crippen LogP contribution in [-0.4, -0.2) is 39.5 Å². The van der Waals surface area contributed by atoms with Gasteiger partial charge in [0.15, 0.2) is 0 Å². The largest absolute Gasteiger partial charge is 0.418 e. The molecule has 5 rings (SSSR count). The number of fused-ring (bicyclic) bond motifs is 1. The van der Waals surface area contributed by atoms with Crippen molar-refractivity contribution in [2.24, 2.45) is 0 Å². The first-order chi connectivity index (χ1) is 18.4. The molecule has 4 aromatic rings. The Morgan fingerprint density at radius 3 is 2.47 bits per heavy atom. The number of aromatic nitrogens is 3. The topological polar surface area (TPSA) is 53.9 Å². The third kappa shape index (κ3) is 6.25. The Hall–Kier alpha value is -3.23. The molecular formula is C29H29ClF3N5. The maximum Gasteiger partial charge on any atom is 0.418 e. The SMILES string of the molecule is FC(F)(F)c1cccnc1-c1ccc2c(NCCc3ccccc3Cl)nc(CN3CCCCCC3)nc2c1. The first-order valence-corrected chi connectivity index (χ1v) is 13.3. The molecule has 0 amide bonds. The summed E-state index contributed by atoms with van der Waals surface area (Å²) in [6, 6.07) is 15.2. The lowest BCUT2D eigenvalue weighted by Crippen LogP contribution is -2.25. The van der Waals surface area contributed by atoms with Crippen molar-refractivity contribution in [2.45, 2.75) is 44.8 Å². The highest BCUT2D eigenvalue weighted by Crippen LogP contribution is 2.37. The molecule has 1 N–H and O–H groups in total. The second kappa shape index (κ2) is 11.7. The zero-order chi connectivity index (χ0) is 26.5. The Morgan fingerprint density at radius 2 is 1.71 bits per heavy atom. The Morgan fingerprint density at radius 1 is 0.921 bits per heavy atom. The molecule has 0 spiro atoms. The number of likely N-dealkylation sites (tertiary alicyclic amines) is 1. The van der Waals surface area contributed by atoms with Crippen LogP contribution in [0.4, 0.5) is 19.0 Å². The maximum absolute atomic E-state index is 13.7. The van der Waals surface area contributed by atoms with Crippen molar-refractivity contribution in [3.63, 3.8) is 0 Å². The molecule has 0 atom stereocenters. The maximum atomic E-state index is 13.7. The van der Waals surface area contributed by atoms with Gasteiger partial charge < -0.3 is 5.32 Å². The molecule has 1 aliphatic heterocycles. The van der Waals surface area contributed by atoms with E-state index in [9.17, 15) is 13.2 Å². The summed E-state index contributed by atoms with van der Waals surface area (Å²) < 4.78 is 41.1. The number of nitrogens with zero attached hydrogens (tertiary/aromatic N) is 4. The van der Waals surface area contributed by atoms with Crippen molar-refractivity contribution >= 4 is 28.3 Å². The van der Waals surface area contributed by atoms with Gasteiger partial charge in [0.25, 0.3) is 0 Å². The fourth-order valence-electron chi connectivity index (χ4n) is 4.91. The van der Waals surface area contributed by atoms with E-state index in [2.05, 4.69) is 15.2 Å². The van der Waals surface area contributed by atoms with Crippen LogP contribution < -0.4 is 5.32 Å². The van der Waals surface area contributed by atoms with Gasteiger partial charge in [-0.05, 0) is 68.2 Å². The van der Waals surface area contributed by atoms with Gasteiger partial charge in [0.2, 0.25) is 0 Å². The van der Waals surface area contributed by atoms with E-state index < -0.39 is 11.7 Å². The molecule has 0 saturated carbocycles. The van der Waals surface area contributed by atoms with Gasteiger partial charge in [-0.15, -0.1) is 0 Å². The Balaban J connectivity index is 1.50. The van der Waals surface area contributed by atoms with E-state index >= 15 is 0 Å². The van der Waals surface area contributed by atoms with E-state index in [1.807, 2.05) is 24.3 Å². The van der Waals surface area contributed by atoms with Gasteiger partial charge in [-0.1, -0.05) is 48.7 Å². The highest BCUT2D eigenvalue weighted by molar-refractivity contribution is 6.31. The molecule has 38 heavy (non-hydrogen) atoms. The minimum absolute atomic E-state index is 0.109. The molecule has 1 saturated heterocycles. The van der Waals surface area contributed by atoms with E-state index in [0.717, 1.165) is 42.9 Å². The van der Waals surface area contributed by atoms with Crippen molar-refractivity contribution in [3.05, 3.63) is 82.8 Å². The molecular weight excluding hydrogens is 511 g/mol. The molecule has 0 unspecified atom stereocenters. The molecule has 0 aliphatic carbocycles. The fourth-order valence-corrected chi connectivity index (χ4v) is 5.14. The monoisotopic (exact) mass is 539 g/mol. The van der Waals surface area contributed by atoms with Crippen LogP contribution >= 0.6 is 11.6 Å². The Labute approximate surface area is 225 Å². The van der Waals surface area contributed by atoms with Crippen molar-refractivity contribution in [1.82, 2.24) is 19.9 Å². The molecule has 0 radical (unpaired) electrons. The standard InChI is InChI=1S/C29H29ClF3N5/c30-24-10-4-3-8-20(24)13-15-35-28-22-12-11-21(27-23(29(31,32)33)9-7-14-34-27)18-25(22)36-26(37-28)19-38-16-5-1-2-6-17-38/h3-4,7-12,14,18H,1-2,5-6,13,15-17,19H2,(H,35,36,37). The molecule has 5 nitrogen and oxygen atoms in total. The zero-order valence-electron chi connectivity index (χ0n) is 20.9. The lowest BCUT2D eigenvalue weighted by molar-refractivity contribution is -0.137. The Bertz CT molecular complexity index is 1400. The second-order valence-electron chi connectivity index (χ2n) is 9.58. The van der Waals surface area contributed by atoms with Gasteiger partial charge in [0.05, 0.1) is 23.3 Å². The highest BCUT2D eigenvalue weighted by atomic mass is 35.5. The number of anilines is 1. The zero-order valence-corrected chi connectivity index (χ0v) is 21.7. The lowest BCUT2D eigenvalue weighted by Gasteiger charge is -2.20. The van der Waals surface area contributed by atoms with Crippen molar-refractivity contribution in [3.8, 4) is 11.3 Å². The van der Waals surface area contributed by atoms with Gasteiger partial charge in [-0.25, -0.2) is 9.97 Å². The smallest absolute Gasteiger partial charge is 0.369 e. The van der Waals surface area contributed by atoms with Crippen molar-refractivity contribution < 1.29 is 13.2 Å². The summed E-state index contributed by atoms with van der Waals surface area (Å²) in [4.78, 5) is 16.1. The first kappa shape index (κ1) is 26.4. The average Bonchev–Trinajstić information content (AvgIpc) is 3.17. The number of halogens is 4. The number of rotatable bonds is 7. The summed E-state index contributed by atoms with van der Waals surface area (Å²) in [6.07, 6.45) is 2.29. The van der Waals surface area contributed by atoms with E-state index in [-0.39, 0.29) is 5.69 Å². The number of benzene rings is 2. The second-order valence-corrected chi connectivity index (χ2v) is 9.98.